The van der Waals surface area contributed by atoms with Gasteiger partial charge in [0, 0.05) is 5.56 Å². The molecule has 2 aromatic carbocycles. The van der Waals surface area contributed by atoms with Gasteiger partial charge in [-0.25, -0.2) is 22.0 Å². The van der Waals surface area contributed by atoms with Crippen LogP contribution in [0.2, 0.25) is 10.0 Å². The number of benzene rings is 2. The quantitative estimate of drug-likeness (QED) is 0.466. The summed E-state index contributed by atoms with van der Waals surface area (Å²) in [5, 5.41) is 2.26. The van der Waals surface area contributed by atoms with Crippen molar-refractivity contribution in [1.82, 2.24) is 0 Å². The van der Waals surface area contributed by atoms with Gasteiger partial charge in [-0.2, -0.15) is 0 Å². The Morgan fingerprint density at radius 2 is 1.43 bits per heavy atom. The number of carbonyl (C=O) groups is 1. The van der Waals surface area contributed by atoms with Gasteiger partial charge in [-0.3, -0.25) is 4.79 Å². The molecule has 23 heavy (non-hydrogen) atoms. The Hall–Kier alpha value is -1.86. The molecule has 2 rings (SSSR count). The summed E-state index contributed by atoms with van der Waals surface area (Å²) in [6.45, 7) is 0. The maximum absolute atomic E-state index is 13.5. The summed E-state index contributed by atoms with van der Waals surface area (Å²) >= 11 is 11.5. The highest BCUT2D eigenvalue weighted by Gasteiger charge is 2.27. The van der Waals surface area contributed by atoms with Crippen LogP contribution in [0.25, 0.3) is 0 Å². The van der Waals surface area contributed by atoms with Crippen molar-refractivity contribution in [3.8, 4) is 0 Å². The van der Waals surface area contributed by atoms with Crippen LogP contribution in [-0.2, 0) is 11.2 Å². The number of halogens is 7. The Morgan fingerprint density at radius 1 is 0.913 bits per heavy atom. The molecule has 0 unspecified atom stereocenters. The van der Waals surface area contributed by atoms with Crippen LogP contribution in [0.3, 0.4) is 0 Å². The highest BCUT2D eigenvalue weighted by molar-refractivity contribution is 6.43. The number of carbonyl (C=O) groups excluding carboxylic acids is 1. The van der Waals surface area contributed by atoms with E-state index in [-0.39, 0.29) is 15.7 Å². The van der Waals surface area contributed by atoms with Crippen LogP contribution in [0.5, 0.6) is 0 Å². The van der Waals surface area contributed by atoms with E-state index in [1.54, 1.807) is 0 Å². The lowest BCUT2D eigenvalue weighted by atomic mass is 10.1. The second kappa shape index (κ2) is 6.72. The first-order chi connectivity index (χ1) is 10.7. The molecule has 9 heteroatoms. The zero-order valence-corrected chi connectivity index (χ0v) is 12.5. The molecule has 0 spiro atoms. The average molecular weight is 370 g/mol. The van der Waals surface area contributed by atoms with Crippen molar-refractivity contribution in [2.75, 3.05) is 5.32 Å². The summed E-state index contributed by atoms with van der Waals surface area (Å²) in [6, 6.07) is 4.23. The van der Waals surface area contributed by atoms with Gasteiger partial charge in [0.25, 0.3) is 0 Å². The molecule has 0 aliphatic carbocycles. The van der Waals surface area contributed by atoms with Crippen molar-refractivity contribution in [2.45, 2.75) is 6.42 Å². The lowest BCUT2D eigenvalue weighted by Gasteiger charge is -2.10. The summed E-state index contributed by atoms with van der Waals surface area (Å²) in [6.07, 6.45) is -1.07. The first-order valence-corrected chi connectivity index (χ1v) is 6.73. The lowest BCUT2D eigenvalue weighted by molar-refractivity contribution is -0.115. The molecule has 0 aliphatic heterocycles. The van der Waals surface area contributed by atoms with Gasteiger partial charge in [-0.15, -0.1) is 0 Å². The highest BCUT2D eigenvalue weighted by atomic mass is 35.5. The monoisotopic (exact) mass is 369 g/mol. The van der Waals surface area contributed by atoms with Gasteiger partial charge in [0.1, 0.15) is 0 Å². The van der Waals surface area contributed by atoms with E-state index >= 15 is 0 Å². The van der Waals surface area contributed by atoms with E-state index in [0.717, 1.165) is 0 Å². The number of nitrogens with one attached hydrogen (secondary N) is 1. The smallest absolute Gasteiger partial charge is 0.229 e. The fraction of sp³-hybridized carbons (Fsp3) is 0.0714. The summed E-state index contributed by atoms with van der Waals surface area (Å²) in [7, 11) is 0. The minimum atomic E-state index is -2.29. The van der Waals surface area contributed by atoms with E-state index in [4.69, 9.17) is 23.2 Å². The Kier molecular flexibility index (Phi) is 5.11. The summed E-state index contributed by atoms with van der Waals surface area (Å²) < 4.78 is 66.0. The van der Waals surface area contributed by atoms with Gasteiger partial charge in [0.05, 0.1) is 22.2 Å². The van der Waals surface area contributed by atoms with Crippen molar-refractivity contribution >= 4 is 34.8 Å². The minimum absolute atomic E-state index is 0.0278. The molecule has 122 valence electrons. The molecular weight excluding hydrogens is 364 g/mol. The standard InChI is InChI=1S/C14H6Cl2F5NO/c15-6-2-1-3-7(9(6)16)22-8(23)4-5-10(17)12(19)14(21)13(20)11(5)18/h1-3H,4H2,(H,22,23). The predicted molar refractivity (Wildman–Crippen MR) is 75.0 cm³/mol. The third kappa shape index (κ3) is 3.40. The first kappa shape index (κ1) is 17.5. The SMILES string of the molecule is O=C(Cc1c(F)c(F)c(F)c(F)c1F)Nc1cccc(Cl)c1Cl. The lowest BCUT2D eigenvalue weighted by Crippen LogP contribution is -2.18. The topological polar surface area (TPSA) is 29.1 Å². The van der Waals surface area contributed by atoms with Gasteiger partial charge in [0.2, 0.25) is 11.7 Å². The molecule has 0 fully saturated rings. The van der Waals surface area contributed by atoms with E-state index in [1.807, 2.05) is 0 Å². The van der Waals surface area contributed by atoms with Crippen molar-refractivity contribution in [2.24, 2.45) is 0 Å². The van der Waals surface area contributed by atoms with Crippen LogP contribution >= 0.6 is 23.2 Å². The molecule has 0 radical (unpaired) electrons. The molecule has 2 nitrogen and oxygen atoms in total. The van der Waals surface area contributed by atoms with Gasteiger partial charge < -0.3 is 5.32 Å². The van der Waals surface area contributed by atoms with Crippen LogP contribution in [-0.4, -0.2) is 5.91 Å². The van der Waals surface area contributed by atoms with Crippen molar-refractivity contribution in [3.05, 3.63) is 62.9 Å². The molecular formula is C14H6Cl2F5NO. The van der Waals surface area contributed by atoms with Crippen molar-refractivity contribution in [3.63, 3.8) is 0 Å². The Bertz CT molecular complexity index is 768. The van der Waals surface area contributed by atoms with E-state index in [9.17, 15) is 26.7 Å². The van der Waals surface area contributed by atoms with E-state index < -0.39 is 47.0 Å². The van der Waals surface area contributed by atoms with Crippen LogP contribution in [0.1, 0.15) is 5.56 Å². The van der Waals surface area contributed by atoms with Crippen molar-refractivity contribution in [1.29, 1.82) is 0 Å². The molecule has 0 aliphatic rings. The second-order valence-corrected chi connectivity index (χ2v) is 5.16. The van der Waals surface area contributed by atoms with E-state index in [0.29, 0.717) is 0 Å². The molecule has 2 aromatic rings. The summed E-state index contributed by atoms with van der Waals surface area (Å²) in [5.74, 6) is -11.7. The Morgan fingerprint density at radius 3 is 2.00 bits per heavy atom. The molecule has 0 aromatic heterocycles. The molecule has 1 amide bonds. The van der Waals surface area contributed by atoms with E-state index in [1.165, 1.54) is 18.2 Å². The number of hydrogen-bond acceptors (Lipinski definition) is 1. The van der Waals surface area contributed by atoms with Crippen LogP contribution in [0, 0.1) is 29.1 Å². The normalized spacial score (nSPS) is 10.7. The fourth-order valence-corrected chi connectivity index (χ4v) is 2.11. The van der Waals surface area contributed by atoms with Crippen LogP contribution in [0.15, 0.2) is 18.2 Å². The zero-order chi connectivity index (χ0) is 17.3. The molecule has 0 saturated carbocycles. The number of amides is 1. The van der Waals surface area contributed by atoms with Gasteiger partial charge in [-0.1, -0.05) is 29.3 Å². The summed E-state index contributed by atoms with van der Waals surface area (Å²) in [5.41, 5.74) is -1.20. The highest BCUT2D eigenvalue weighted by Crippen LogP contribution is 2.30. The number of hydrogen-bond donors (Lipinski definition) is 1. The first-order valence-electron chi connectivity index (χ1n) is 5.98. The number of anilines is 1. The zero-order valence-electron chi connectivity index (χ0n) is 11.0. The predicted octanol–water partition coefficient (Wildman–Crippen LogP) is 4.87. The molecule has 0 atom stereocenters. The van der Waals surface area contributed by atoms with Crippen molar-refractivity contribution < 1.29 is 26.7 Å². The molecule has 0 saturated heterocycles. The summed E-state index contributed by atoms with van der Waals surface area (Å²) in [4.78, 5) is 11.8. The maximum atomic E-state index is 13.5. The van der Waals surface area contributed by atoms with E-state index in [2.05, 4.69) is 5.32 Å². The fourth-order valence-electron chi connectivity index (χ4n) is 1.76. The second-order valence-electron chi connectivity index (χ2n) is 4.37. The Labute approximate surface area is 136 Å². The van der Waals surface area contributed by atoms with Gasteiger partial charge in [-0.05, 0) is 12.1 Å². The average Bonchev–Trinajstić information content (AvgIpc) is 2.52. The minimum Gasteiger partial charge on any atom is -0.324 e. The molecule has 0 heterocycles. The third-order valence-electron chi connectivity index (χ3n) is 2.86. The van der Waals surface area contributed by atoms with Crippen LogP contribution < -0.4 is 5.32 Å². The third-order valence-corrected chi connectivity index (χ3v) is 3.68. The van der Waals surface area contributed by atoms with Crippen LogP contribution in [0.4, 0.5) is 27.6 Å². The Balaban J connectivity index is 2.30. The number of rotatable bonds is 3. The largest absolute Gasteiger partial charge is 0.324 e. The molecule has 0 bridgehead atoms. The van der Waals surface area contributed by atoms with Gasteiger partial charge in [0.15, 0.2) is 23.3 Å². The maximum Gasteiger partial charge on any atom is 0.229 e. The van der Waals surface area contributed by atoms with Gasteiger partial charge >= 0.3 is 0 Å². The molecule has 1 N–H and O–H groups in total.